The van der Waals surface area contributed by atoms with Crippen LogP contribution in [-0.2, 0) is 24.1 Å². The van der Waals surface area contributed by atoms with Crippen LogP contribution in [0.2, 0.25) is 0 Å². The Hall–Kier alpha value is -2.12. The maximum absolute atomic E-state index is 6.10. The molecule has 1 unspecified atom stereocenters. The van der Waals surface area contributed by atoms with Crippen molar-refractivity contribution in [3.8, 4) is 5.75 Å². The first kappa shape index (κ1) is 22.6. The van der Waals surface area contributed by atoms with Crippen LogP contribution in [0.5, 0.6) is 5.75 Å². The molecular formula is C23H34N4O2S. The Morgan fingerprint density at radius 2 is 2.23 bits per heavy atom. The Labute approximate surface area is 184 Å². The van der Waals surface area contributed by atoms with Crippen molar-refractivity contribution in [1.82, 2.24) is 15.6 Å². The van der Waals surface area contributed by atoms with E-state index in [2.05, 4.69) is 60.0 Å². The number of ether oxygens (including phenoxy) is 2. The molecule has 2 heterocycles. The summed E-state index contributed by atoms with van der Waals surface area (Å²) in [4.78, 5) is 9.40. The zero-order chi connectivity index (χ0) is 21.2. The van der Waals surface area contributed by atoms with Gasteiger partial charge in [-0.2, -0.15) is 0 Å². The third kappa shape index (κ3) is 6.99. The number of hydrogen-bond acceptors (Lipinski definition) is 5. The molecule has 1 aliphatic heterocycles. The average Bonchev–Trinajstić information content (AvgIpc) is 3.43. The third-order valence-corrected chi connectivity index (χ3v) is 6.04. The topological polar surface area (TPSA) is 67.8 Å². The highest BCUT2D eigenvalue weighted by atomic mass is 32.1. The lowest BCUT2D eigenvalue weighted by Gasteiger charge is -2.15. The molecule has 1 aliphatic rings. The molecule has 0 bridgehead atoms. The van der Waals surface area contributed by atoms with Crippen LogP contribution in [0.4, 0.5) is 0 Å². The van der Waals surface area contributed by atoms with Crippen LogP contribution in [0, 0.1) is 6.92 Å². The van der Waals surface area contributed by atoms with Gasteiger partial charge in [-0.25, -0.2) is 9.98 Å². The summed E-state index contributed by atoms with van der Waals surface area (Å²) in [5.74, 6) is 1.72. The fourth-order valence-electron chi connectivity index (χ4n) is 3.33. The Balaban J connectivity index is 1.57. The van der Waals surface area contributed by atoms with Gasteiger partial charge in [-0.15, -0.1) is 11.3 Å². The van der Waals surface area contributed by atoms with Crippen LogP contribution in [0.15, 0.2) is 28.6 Å². The number of thiazole rings is 1. The number of guanidine groups is 1. The molecule has 2 aromatic rings. The second kappa shape index (κ2) is 11.9. The van der Waals surface area contributed by atoms with E-state index < -0.39 is 0 Å². The van der Waals surface area contributed by atoms with E-state index in [9.17, 15) is 0 Å². The lowest BCUT2D eigenvalue weighted by molar-refractivity contribution is 0.0676. The number of hydrogen-bond donors (Lipinski definition) is 2. The van der Waals surface area contributed by atoms with E-state index in [0.29, 0.717) is 13.2 Å². The number of nitrogens with one attached hydrogen (secondary N) is 2. The van der Waals surface area contributed by atoms with Crippen molar-refractivity contribution in [3.05, 3.63) is 45.4 Å². The second-order valence-corrected chi connectivity index (χ2v) is 8.46. The van der Waals surface area contributed by atoms with E-state index in [4.69, 9.17) is 14.5 Å². The first-order valence-electron chi connectivity index (χ1n) is 11.0. The third-order valence-electron chi connectivity index (χ3n) is 5.00. The molecule has 0 spiro atoms. The highest BCUT2D eigenvalue weighted by molar-refractivity contribution is 7.09. The Kier molecular flexibility index (Phi) is 8.96. The number of aryl methyl sites for hydroxylation is 2. The van der Waals surface area contributed by atoms with E-state index in [1.165, 1.54) is 10.6 Å². The smallest absolute Gasteiger partial charge is 0.191 e. The van der Waals surface area contributed by atoms with Crippen molar-refractivity contribution in [1.29, 1.82) is 0 Å². The van der Waals surface area contributed by atoms with Crippen LogP contribution in [0.1, 0.15) is 48.5 Å². The number of nitrogens with zero attached hydrogens (tertiary/aromatic N) is 2. The summed E-state index contributed by atoms with van der Waals surface area (Å²) in [7, 11) is 0. The maximum atomic E-state index is 6.10. The SMILES string of the molecule is CCNC(=NCc1ccc(C)cc1OCC1CCCO1)NCCc1csc(CC)n1. The molecule has 1 aromatic heterocycles. The molecule has 0 saturated carbocycles. The minimum absolute atomic E-state index is 0.208. The van der Waals surface area contributed by atoms with Crippen molar-refractivity contribution in [2.75, 3.05) is 26.3 Å². The second-order valence-electron chi connectivity index (χ2n) is 7.52. The minimum Gasteiger partial charge on any atom is -0.491 e. The molecule has 3 rings (SSSR count). The molecule has 1 fully saturated rings. The largest absolute Gasteiger partial charge is 0.491 e. The van der Waals surface area contributed by atoms with E-state index in [1.807, 2.05) is 0 Å². The first-order valence-corrected chi connectivity index (χ1v) is 11.8. The molecule has 0 amide bonds. The number of aliphatic imine (C=N–C) groups is 1. The molecule has 6 nitrogen and oxygen atoms in total. The van der Waals surface area contributed by atoms with E-state index in [1.54, 1.807) is 11.3 Å². The molecule has 2 N–H and O–H groups in total. The van der Waals surface area contributed by atoms with Gasteiger partial charge < -0.3 is 20.1 Å². The van der Waals surface area contributed by atoms with Gasteiger partial charge in [-0.3, -0.25) is 0 Å². The van der Waals surface area contributed by atoms with Crippen molar-refractivity contribution >= 4 is 17.3 Å². The summed E-state index contributed by atoms with van der Waals surface area (Å²) in [6, 6.07) is 6.31. The van der Waals surface area contributed by atoms with Gasteiger partial charge in [-0.1, -0.05) is 19.1 Å². The summed E-state index contributed by atoms with van der Waals surface area (Å²) < 4.78 is 11.8. The van der Waals surface area contributed by atoms with E-state index >= 15 is 0 Å². The van der Waals surface area contributed by atoms with Gasteiger partial charge in [0, 0.05) is 37.1 Å². The zero-order valence-electron chi connectivity index (χ0n) is 18.4. The molecular weight excluding hydrogens is 396 g/mol. The Morgan fingerprint density at radius 1 is 1.33 bits per heavy atom. The summed E-state index contributed by atoms with van der Waals surface area (Å²) in [6.07, 6.45) is 4.29. The highest BCUT2D eigenvalue weighted by Gasteiger charge is 2.17. The average molecular weight is 431 g/mol. The van der Waals surface area contributed by atoms with Gasteiger partial charge in [0.25, 0.3) is 0 Å². The summed E-state index contributed by atoms with van der Waals surface area (Å²) in [5.41, 5.74) is 3.41. The quantitative estimate of drug-likeness (QED) is 0.442. The van der Waals surface area contributed by atoms with Crippen molar-refractivity contribution in [2.45, 2.75) is 59.1 Å². The zero-order valence-corrected chi connectivity index (χ0v) is 19.2. The van der Waals surface area contributed by atoms with Crippen molar-refractivity contribution < 1.29 is 9.47 Å². The molecule has 1 aromatic carbocycles. The van der Waals surface area contributed by atoms with Crippen molar-refractivity contribution in [2.24, 2.45) is 4.99 Å². The van der Waals surface area contributed by atoms with E-state index in [0.717, 1.165) is 68.3 Å². The van der Waals surface area contributed by atoms with Crippen LogP contribution in [0.3, 0.4) is 0 Å². The van der Waals surface area contributed by atoms with E-state index in [-0.39, 0.29) is 6.10 Å². The van der Waals surface area contributed by atoms with Gasteiger partial charge in [-0.05, 0) is 44.7 Å². The molecule has 7 heteroatoms. The Morgan fingerprint density at radius 3 is 2.97 bits per heavy atom. The predicted molar refractivity (Wildman–Crippen MR) is 124 cm³/mol. The number of benzene rings is 1. The first-order chi connectivity index (χ1) is 14.7. The molecule has 30 heavy (non-hydrogen) atoms. The van der Waals surface area contributed by atoms with Crippen LogP contribution in [-0.4, -0.2) is 43.4 Å². The maximum Gasteiger partial charge on any atom is 0.191 e. The molecule has 1 atom stereocenters. The normalized spacial score (nSPS) is 16.6. The summed E-state index contributed by atoms with van der Waals surface area (Å²) >= 11 is 1.73. The van der Waals surface area contributed by atoms with Crippen LogP contribution < -0.4 is 15.4 Å². The van der Waals surface area contributed by atoms with Gasteiger partial charge in [0.1, 0.15) is 12.4 Å². The molecule has 0 radical (unpaired) electrons. The minimum atomic E-state index is 0.208. The number of rotatable bonds is 10. The van der Waals surface area contributed by atoms with Gasteiger partial charge in [0.2, 0.25) is 0 Å². The Bertz CT molecular complexity index is 815. The lowest BCUT2D eigenvalue weighted by Crippen LogP contribution is -2.38. The number of aromatic nitrogens is 1. The predicted octanol–water partition coefficient (Wildman–Crippen LogP) is 3.87. The molecule has 164 valence electrons. The van der Waals surface area contributed by atoms with Crippen LogP contribution in [0.25, 0.3) is 0 Å². The standard InChI is InChI=1S/C23H34N4O2S/c1-4-22-27-19(16-30-22)10-11-25-23(24-5-2)26-14-18-9-8-17(3)13-21(18)29-15-20-7-6-12-28-20/h8-9,13,16,20H,4-7,10-12,14-15H2,1-3H3,(H2,24,25,26). The summed E-state index contributed by atoms with van der Waals surface area (Å²) in [6.45, 7) is 9.93. The summed E-state index contributed by atoms with van der Waals surface area (Å²) in [5, 5.41) is 10.1. The molecule has 1 saturated heterocycles. The van der Waals surface area contributed by atoms with Crippen LogP contribution >= 0.6 is 11.3 Å². The van der Waals surface area contributed by atoms with Gasteiger partial charge >= 0.3 is 0 Å². The fraction of sp³-hybridized carbons (Fsp3) is 0.565. The van der Waals surface area contributed by atoms with Crippen molar-refractivity contribution in [3.63, 3.8) is 0 Å². The monoisotopic (exact) mass is 430 g/mol. The fourth-order valence-corrected chi connectivity index (χ4v) is 4.11. The molecule has 0 aliphatic carbocycles. The van der Waals surface area contributed by atoms with Gasteiger partial charge in [0.05, 0.1) is 23.4 Å². The van der Waals surface area contributed by atoms with Gasteiger partial charge in [0.15, 0.2) is 5.96 Å². The highest BCUT2D eigenvalue weighted by Crippen LogP contribution is 2.23. The lowest BCUT2D eigenvalue weighted by atomic mass is 10.1.